The minimum absolute atomic E-state index is 0.0301. The van der Waals surface area contributed by atoms with Crippen LogP contribution in [-0.2, 0) is 20.7 Å². The summed E-state index contributed by atoms with van der Waals surface area (Å²) in [6, 6.07) is 10.6. The largest absolute Gasteiger partial charge is 0.493 e. The number of benzene rings is 2. The highest BCUT2D eigenvalue weighted by atomic mass is 32.2. The molecule has 3 heterocycles. The number of halogens is 1. The maximum atomic E-state index is 13.6. The third kappa shape index (κ3) is 12.5. The van der Waals surface area contributed by atoms with Gasteiger partial charge in [0.25, 0.3) is 0 Å². The molecule has 14 heteroatoms. The van der Waals surface area contributed by atoms with Gasteiger partial charge in [0, 0.05) is 47.2 Å². The van der Waals surface area contributed by atoms with E-state index >= 15 is 0 Å². The Hall–Kier alpha value is -4.01. The lowest BCUT2D eigenvalue weighted by atomic mass is 10.0. The normalized spacial score (nSPS) is 18.3. The van der Waals surface area contributed by atoms with Gasteiger partial charge in [-0.1, -0.05) is 58.9 Å². The van der Waals surface area contributed by atoms with Crippen molar-refractivity contribution >= 4 is 35.2 Å². The lowest BCUT2D eigenvalue weighted by molar-refractivity contribution is -0.121. The van der Waals surface area contributed by atoms with Crippen LogP contribution in [0.15, 0.2) is 36.4 Å². The number of fused-ring (bicyclic) bond motifs is 4. The average Bonchev–Trinajstić information content (AvgIpc) is 3.94. The summed E-state index contributed by atoms with van der Waals surface area (Å²) >= 11 is 1.90. The van der Waals surface area contributed by atoms with Crippen molar-refractivity contribution in [3.63, 3.8) is 0 Å². The zero-order valence-corrected chi connectivity index (χ0v) is 33.6. The molecule has 0 radical (unpaired) electrons. The maximum absolute atomic E-state index is 13.6. The number of unbranched alkanes of at least 4 members (excludes halogenated alkanes) is 2. The van der Waals surface area contributed by atoms with Crippen LogP contribution in [0.3, 0.4) is 0 Å². The molecule has 4 atom stereocenters. The highest BCUT2D eigenvalue weighted by Gasteiger charge is 2.42. The molecule has 2 saturated heterocycles. The first kappa shape index (κ1) is 42.1. The van der Waals surface area contributed by atoms with Crippen molar-refractivity contribution < 1.29 is 32.9 Å². The molecule has 12 nitrogen and oxygen atoms in total. The van der Waals surface area contributed by atoms with E-state index in [-0.39, 0.29) is 29.8 Å². The number of rotatable bonds is 22. The molecule has 2 fully saturated rings. The Morgan fingerprint density at radius 1 is 1.04 bits per heavy atom. The van der Waals surface area contributed by atoms with Crippen LogP contribution in [0.25, 0.3) is 11.3 Å². The van der Waals surface area contributed by atoms with E-state index in [1.807, 2.05) is 23.9 Å². The van der Waals surface area contributed by atoms with Crippen LogP contribution in [0.5, 0.6) is 11.5 Å². The third-order valence-electron chi connectivity index (χ3n) is 10.2. The number of amides is 3. The van der Waals surface area contributed by atoms with Crippen molar-refractivity contribution in [3.8, 4) is 22.8 Å². The van der Waals surface area contributed by atoms with Gasteiger partial charge in [0.05, 0.1) is 51.3 Å². The van der Waals surface area contributed by atoms with Crippen molar-refractivity contribution in [3.05, 3.63) is 53.3 Å². The van der Waals surface area contributed by atoms with Crippen LogP contribution in [0.2, 0.25) is 0 Å². The SMILES string of the molecule is CCCCC(C)CC.COc1cc2c(cc1OCCOCCOCCNC(=O)CCCCC1SCC3NC(=O)NC31)Cc1c(Nc3cccc(F)c3)n[nH]c1-2. The quantitative estimate of drug-likeness (QED) is 0.0408. The maximum Gasteiger partial charge on any atom is 0.315 e. The van der Waals surface area contributed by atoms with Crippen LogP contribution in [0, 0.1) is 11.7 Å². The number of anilines is 2. The van der Waals surface area contributed by atoms with Gasteiger partial charge in [0.1, 0.15) is 12.4 Å². The number of thioether (sulfide) groups is 1. The predicted octanol–water partition coefficient (Wildman–Crippen LogP) is 7.35. The second-order valence-corrected chi connectivity index (χ2v) is 15.6. The molecule has 0 bridgehead atoms. The van der Waals surface area contributed by atoms with Crippen molar-refractivity contribution in [1.82, 2.24) is 26.1 Å². The van der Waals surface area contributed by atoms with Gasteiger partial charge in [-0.05, 0) is 54.7 Å². The molecule has 3 aromatic rings. The van der Waals surface area contributed by atoms with Gasteiger partial charge in [-0.3, -0.25) is 9.89 Å². The molecule has 3 amide bonds. The van der Waals surface area contributed by atoms with Gasteiger partial charge in [-0.2, -0.15) is 16.9 Å². The van der Waals surface area contributed by atoms with Gasteiger partial charge in [-0.25, -0.2) is 9.18 Å². The number of aromatic amines is 1. The number of urea groups is 1. The number of aromatic nitrogens is 2. The lowest BCUT2D eigenvalue weighted by Crippen LogP contribution is -2.36. The first-order valence-electron chi connectivity index (χ1n) is 19.8. The van der Waals surface area contributed by atoms with Crippen LogP contribution in [0.1, 0.15) is 83.3 Å². The molecule has 2 aromatic carbocycles. The number of carbonyl (C=O) groups excluding carboxylic acids is 2. The smallest absolute Gasteiger partial charge is 0.315 e. The zero-order chi connectivity index (χ0) is 39.0. The van der Waals surface area contributed by atoms with Crippen LogP contribution >= 0.6 is 11.8 Å². The van der Waals surface area contributed by atoms with Crippen LogP contribution in [-0.4, -0.2) is 91.9 Å². The first-order valence-corrected chi connectivity index (χ1v) is 20.9. The van der Waals surface area contributed by atoms with Crippen molar-refractivity contribution in [1.29, 1.82) is 0 Å². The number of hydrogen-bond donors (Lipinski definition) is 5. The van der Waals surface area contributed by atoms with E-state index in [1.165, 1.54) is 37.8 Å². The van der Waals surface area contributed by atoms with Crippen molar-refractivity contribution in [2.75, 3.05) is 57.8 Å². The van der Waals surface area contributed by atoms with Gasteiger partial charge in [-0.15, -0.1) is 0 Å². The van der Waals surface area contributed by atoms with Gasteiger partial charge >= 0.3 is 6.03 Å². The minimum Gasteiger partial charge on any atom is -0.493 e. The van der Waals surface area contributed by atoms with E-state index in [1.54, 1.807) is 19.2 Å². The highest BCUT2D eigenvalue weighted by molar-refractivity contribution is 8.00. The Morgan fingerprint density at radius 3 is 2.64 bits per heavy atom. The summed E-state index contributed by atoms with van der Waals surface area (Å²) < 4.78 is 36.5. The molecule has 2 aliphatic heterocycles. The number of ether oxygens (including phenoxy) is 4. The fraction of sp³-hybridized carbons (Fsp3) is 0.585. The number of nitrogens with zero attached hydrogens (tertiary/aromatic N) is 1. The Kier molecular flexibility index (Phi) is 16.8. The number of hydrogen-bond acceptors (Lipinski definition) is 9. The minimum atomic E-state index is -0.314. The molecule has 5 N–H and O–H groups in total. The van der Waals surface area contributed by atoms with Crippen LogP contribution < -0.4 is 30.7 Å². The summed E-state index contributed by atoms with van der Waals surface area (Å²) in [7, 11) is 1.60. The van der Waals surface area contributed by atoms with E-state index in [9.17, 15) is 14.0 Å². The number of carbonyl (C=O) groups is 2. The standard InChI is InChI=1S/C33H41FN6O6S.C8H18/c1-43-26-18-23-20(15-24-30(23)39-40-32(24)36-22-6-4-5-21(34)17-22)16-27(26)46-14-13-45-12-11-44-10-9-35-29(41)8-3-2-7-28-31-25(19-47-28)37-33(42)38-31;1-4-6-7-8(3)5-2/h4-6,16-18,25,28,31H,2-3,7-15,19H2,1H3,(H,35,41)(H2,36,39,40)(H2,37,38,42);8H,4-7H2,1-3H3. The molecule has 0 saturated carbocycles. The molecular weight excluding hydrogens is 724 g/mol. The fourth-order valence-corrected chi connectivity index (χ4v) is 8.47. The Labute approximate surface area is 329 Å². The molecule has 0 spiro atoms. The third-order valence-corrected chi connectivity index (χ3v) is 11.7. The summed E-state index contributed by atoms with van der Waals surface area (Å²) in [5.74, 6) is 3.52. The first-order chi connectivity index (χ1) is 26.8. The molecule has 55 heavy (non-hydrogen) atoms. The summed E-state index contributed by atoms with van der Waals surface area (Å²) in [6.07, 6.45) is 9.47. The Balaban J connectivity index is 0.000000654. The molecule has 1 aliphatic carbocycles. The van der Waals surface area contributed by atoms with Gasteiger partial charge < -0.3 is 40.2 Å². The molecular formula is C41H59FN6O6S. The van der Waals surface area contributed by atoms with Crippen molar-refractivity contribution in [2.24, 2.45) is 5.92 Å². The van der Waals surface area contributed by atoms with E-state index in [0.29, 0.717) is 80.7 Å². The molecule has 302 valence electrons. The van der Waals surface area contributed by atoms with Gasteiger partial charge in [0.15, 0.2) is 17.3 Å². The number of nitrogens with one attached hydrogen (secondary N) is 5. The number of H-pyrrole nitrogens is 1. The second-order valence-electron chi connectivity index (χ2n) is 14.3. The second kappa shape index (κ2) is 21.9. The van der Waals surface area contributed by atoms with Gasteiger partial charge in [0.2, 0.25) is 5.91 Å². The fourth-order valence-electron chi connectivity index (χ4n) is 6.92. The van der Waals surface area contributed by atoms with Crippen molar-refractivity contribution in [2.45, 2.75) is 95.9 Å². The molecule has 1 aromatic heterocycles. The lowest BCUT2D eigenvalue weighted by Gasteiger charge is -2.16. The summed E-state index contributed by atoms with van der Waals surface area (Å²) in [4.78, 5) is 23.6. The summed E-state index contributed by atoms with van der Waals surface area (Å²) in [6.45, 7) is 9.29. The average molecular weight is 783 g/mol. The molecule has 6 rings (SSSR count). The zero-order valence-electron chi connectivity index (χ0n) is 32.8. The van der Waals surface area contributed by atoms with E-state index < -0.39 is 0 Å². The monoisotopic (exact) mass is 782 g/mol. The van der Waals surface area contributed by atoms with E-state index in [2.05, 4.69) is 52.2 Å². The molecule has 3 aliphatic rings. The Bertz CT molecular complexity index is 1680. The highest BCUT2D eigenvalue weighted by Crippen LogP contribution is 2.44. The van der Waals surface area contributed by atoms with E-state index in [4.69, 9.17) is 18.9 Å². The van der Waals surface area contributed by atoms with E-state index in [0.717, 1.165) is 53.3 Å². The Morgan fingerprint density at radius 2 is 1.85 bits per heavy atom. The topological polar surface area (TPSA) is 148 Å². The summed E-state index contributed by atoms with van der Waals surface area (Å²) in [5.41, 5.74) is 4.60. The predicted molar refractivity (Wildman–Crippen MR) is 216 cm³/mol. The molecule has 4 unspecified atom stereocenters. The van der Waals surface area contributed by atoms with Crippen LogP contribution in [0.4, 0.5) is 20.7 Å². The number of methoxy groups -OCH3 is 1. The summed E-state index contributed by atoms with van der Waals surface area (Å²) in [5, 5.41) is 20.0.